The van der Waals surface area contributed by atoms with E-state index in [9.17, 15) is 22.4 Å². The average molecular weight is 559 g/mol. The number of ether oxygens (including phenoxy) is 1. The molecule has 4 aromatic rings. The molecule has 1 aliphatic rings. The molecule has 0 atom stereocenters. The van der Waals surface area contributed by atoms with Crippen molar-refractivity contribution in [3.63, 3.8) is 0 Å². The smallest absolute Gasteiger partial charge is 0.383 e. The molecule has 1 amide bonds. The monoisotopic (exact) mass is 558 g/mol. The molecule has 0 spiro atoms. The molecule has 3 heterocycles. The number of benzene rings is 1. The van der Waals surface area contributed by atoms with Crippen LogP contribution in [0.1, 0.15) is 41.2 Å². The van der Waals surface area contributed by atoms with Crippen LogP contribution in [-0.2, 0) is 34.3 Å². The summed E-state index contributed by atoms with van der Waals surface area (Å²) in [5.41, 5.74) is 1.19. The van der Waals surface area contributed by atoms with Gasteiger partial charge in [0.25, 0.3) is 0 Å². The number of hydrogen-bond acceptors (Lipinski definition) is 7. The zero-order chi connectivity index (χ0) is 28.5. The van der Waals surface area contributed by atoms with Crippen molar-refractivity contribution < 1.29 is 31.6 Å². The highest BCUT2D eigenvalue weighted by molar-refractivity contribution is 5.91. The Morgan fingerprint density at radius 1 is 1.12 bits per heavy atom. The summed E-state index contributed by atoms with van der Waals surface area (Å²) < 4.78 is 66.4. The normalized spacial score (nSPS) is 14.3. The van der Waals surface area contributed by atoms with E-state index in [1.165, 1.54) is 12.1 Å². The first-order valence-electron chi connectivity index (χ1n) is 12.5. The number of nitrogens with one attached hydrogen (secondary N) is 1. The first kappa shape index (κ1) is 27.4. The van der Waals surface area contributed by atoms with E-state index >= 15 is 0 Å². The Balaban J connectivity index is 1.20. The van der Waals surface area contributed by atoms with E-state index in [2.05, 4.69) is 25.5 Å². The van der Waals surface area contributed by atoms with E-state index in [0.717, 1.165) is 17.3 Å². The molecule has 1 aromatic carbocycles. The van der Waals surface area contributed by atoms with Gasteiger partial charge in [0.1, 0.15) is 17.1 Å². The molecule has 0 bridgehead atoms. The zero-order valence-corrected chi connectivity index (χ0v) is 21.8. The summed E-state index contributed by atoms with van der Waals surface area (Å²) in [5.74, 6) is -1.16. The Bertz CT molecular complexity index is 1510. The minimum atomic E-state index is -4.46. The molecule has 0 unspecified atom stereocenters. The lowest BCUT2D eigenvalue weighted by Crippen LogP contribution is -2.28. The molecule has 210 valence electrons. The molecule has 1 aliphatic carbocycles. The van der Waals surface area contributed by atoms with Gasteiger partial charge in [0, 0.05) is 48.8 Å². The molecule has 0 radical (unpaired) electrons. The lowest BCUT2D eigenvalue weighted by molar-refractivity contribution is -0.165. The van der Waals surface area contributed by atoms with Crippen molar-refractivity contribution in [2.24, 2.45) is 0 Å². The summed E-state index contributed by atoms with van der Waals surface area (Å²) in [4.78, 5) is 21.2. The third-order valence-electron chi connectivity index (χ3n) is 7.05. The van der Waals surface area contributed by atoms with E-state index in [1.807, 2.05) is 11.6 Å². The van der Waals surface area contributed by atoms with E-state index in [4.69, 9.17) is 9.26 Å². The number of nitrogens with zero attached hydrogens (tertiary/aromatic N) is 5. The third-order valence-corrected chi connectivity index (χ3v) is 7.05. The van der Waals surface area contributed by atoms with Crippen molar-refractivity contribution in [3.8, 4) is 11.1 Å². The molecule has 5 rings (SSSR count). The van der Waals surface area contributed by atoms with Crippen LogP contribution in [0.4, 0.5) is 23.4 Å². The minimum Gasteiger partial charge on any atom is -0.383 e. The van der Waals surface area contributed by atoms with Gasteiger partial charge in [0.05, 0.1) is 25.8 Å². The maximum atomic E-state index is 14.8. The van der Waals surface area contributed by atoms with Crippen LogP contribution in [0.15, 0.2) is 47.4 Å². The summed E-state index contributed by atoms with van der Waals surface area (Å²) >= 11 is 0. The Labute approximate surface area is 226 Å². The fraction of sp³-hybridized carbons (Fsp3) is 0.370. The number of carbonyl (C=O) groups is 1. The second-order valence-electron chi connectivity index (χ2n) is 9.72. The first-order valence-corrected chi connectivity index (χ1v) is 12.5. The quantitative estimate of drug-likeness (QED) is 0.279. The number of anilines is 1. The summed E-state index contributed by atoms with van der Waals surface area (Å²) in [6.07, 6.45) is 0.485. The Morgan fingerprint density at radius 2 is 1.88 bits per heavy atom. The van der Waals surface area contributed by atoms with Gasteiger partial charge >= 0.3 is 6.18 Å². The predicted octanol–water partition coefficient (Wildman–Crippen LogP) is 4.79. The fourth-order valence-corrected chi connectivity index (χ4v) is 4.41. The molecule has 3 aromatic heterocycles. The molecule has 40 heavy (non-hydrogen) atoms. The van der Waals surface area contributed by atoms with Crippen molar-refractivity contribution >= 4 is 11.7 Å². The van der Waals surface area contributed by atoms with Crippen LogP contribution >= 0.6 is 0 Å². The number of carbonyl (C=O) groups excluding carboxylic acids is 1. The second-order valence-corrected chi connectivity index (χ2v) is 9.72. The Hall–Kier alpha value is -4.13. The molecule has 0 saturated heterocycles. The highest BCUT2D eigenvalue weighted by atomic mass is 19.4. The van der Waals surface area contributed by atoms with Crippen LogP contribution in [0.25, 0.3) is 11.1 Å². The molecule has 13 heteroatoms. The first-order chi connectivity index (χ1) is 19.1. The number of halogens is 4. The topological polar surface area (TPSA) is 108 Å². The maximum Gasteiger partial charge on any atom is 0.401 e. The number of hydrogen-bond donors (Lipinski definition) is 1. The molecule has 0 aliphatic heterocycles. The number of amides is 1. The van der Waals surface area contributed by atoms with Gasteiger partial charge in [-0.25, -0.2) is 14.4 Å². The lowest BCUT2D eigenvalue weighted by atomic mass is 10.0. The second kappa shape index (κ2) is 10.8. The van der Waals surface area contributed by atoms with Crippen LogP contribution < -0.4 is 5.32 Å². The summed E-state index contributed by atoms with van der Waals surface area (Å²) in [7, 11) is 1.63. The number of methoxy groups -OCH3 is 1. The van der Waals surface area contributed by atoms with Crippen molar-refractivity contribution in [2.75, 3.05) is 19.0 Å². The molecule has 1 saturated carbocycles. The molecular weight excluding hydrogens is 532 g/mol. The van der Waals surface area contributed by atoms with Crippen LogP contribution in [0.5, 0.6) is 0 Å². The van der Waals surface area contributed by atoms with E-state index in [0.29, 0.717) is 36.5 Å². The van der Waals surface area contributed by atoms with Crippen molar-refractivity contribution in [1.82, 2.24) is 24.9 Å². The van der Waals surface area contributed by atoms with Gasteiger partial charge in [-0.1, -0.05) is 17.3 Å². The number of aromatic nitrogens is 5. The van der Waals surface area contributed by atoms with Crippen LogP contribution in [0.3, 0.4) is 0 Å². The third kappa shape index (κ3) is 5.60. The van der Waals surface area contributed by atoms with Gasteiger partial charge in [-0.2, -0.15) is 18.3 Å². The van der Waals surface area contributed by atoms with Gasteiger partial charge in [-0.05, 0) is 37.0 Å². The predicted molar refractivity (Wildman–Crippen MR) is 135 cm³/mol. The van der Waals surface area contributed by atoms with E-state index in [1.54, 1.807) is 31.8 Å². The summed E-state index contributed by atoms with van der Waals surface area (Å²) in [6.45, 7) is 3.17. The Kier molecular flexibility index (Phi) is 7.41. The zero-order valence-electron chi connectivity index (χ0n) is 21.8. The van der Waals surface area contributed by atoms with Crippen molar-refractivity contribution in [1.29, 1.82) is 0 Å². The van der Waals surface area contributed by atoms with Crippen LogP contribution in [-0.4, -0.2) is 50.7 Å². The van der Waals surface area contributed by atoms with Gasteiger partial charge in [0.2, 0.25) is 5.91 Å². The van der Waals surface area contributed by atoms with Gasteiger partial charge < -0.3 is 14.6 Å². The molecule has 1 N–H and O–H groups in total. The number of alkyl halides is 3. The highest BCUT2D eigenvalue weighted by Gasteiger charge is 2.66. The van der Waals surface area contributed by atoms with Gasteiger partial charge in [-0.15, -0.1) is 0 Å². The maximum absolute atomic E-state index is 14.8. The molecule has 1 fully saturated rings. The SMILES string of the molecule is COCCn1ncc(Cc2ncc(-c3ccc(CC(=O)Nc4cc(C5(C(F)(F)F)CC5)on4)c(F)c3)cn2)c1C. The van der Waals surface area contributed by atoms with E-state index < -0.39 is 23.3 Å². The largest absolute Gasteiger partial charge is 0.401 e. The molecule has 9 nitrogen and oxygen atoms in total. The molecular formula is C27H26F4N6O3. The minimum absolute atomic E-state index is 0.0922. The summed E-state index contributed by atoms with van der Waals surface area (Å²) in [5, 5.41) is 10.2. The summed E-state index contributed by atoms with van der Waals surface area (Å²) in [6, 6.07) is 5.45. The van der Waals surface area contributed by atoms with Crippen molar-refractivity contribution in [2.45, 2.75) is 50.7 Å². The van der Waals surface area contributed by atoms with Crippen LogP contribution in [0.2, 0.25) is 0 Å². The van der Waals surface area contributed by atoms with Gasteiger partial charge in [0.15, 0.2) is 11.6 Å². The highest BCUT2D eigenvalue weighted by Crippen LogP contribution is 2.59. The van der Waals surface area contributed by atoms with Crippen LogP contribution in [0, 0.1) is 12.7 Å². The Morgan fingerprint density at radius 3 is 2.52 bits per heavy atom. The lowest BCUT2D eigenvalue weighted by Gasteiger charge is -2.14. The standard InChI is InChI=1S/C27H26F4N6O3/c1-16-19(15-34-37(16)7-8-39-2)10-23-32-13-20(14-33-23)17-3-4-18(21(28)9-17)11-25(38)35-24-12-22(40-36-24)26(5-6-26)27(29,30)31/h3-4,9,12-15H,5-8,10-11H2,1-2H3,(H,35,36,38). The van der Waals surface area contributed by atoms with Crippen molar-refractivity contribution in [3.05, 3.63) is 77.1 Å². The van der Waals surface area contributed by atoms with E-state index in [-0.39, 0.29) is 36.4 Å². The average Bonchev–Trinajstić information content (AvgIpc) is 3.51. The number of rotatable bonds is 10. The van der Waals surface area contributed by atoms with Gasteiger partial charge in [-0.3, -0.25) is 9.48 Å². The fourth-order valence-electron chi connectivity index (χ4n) is 4.41.